The van der Waals surface area contributed by atoms with Crippen molar-refractivity contribution in [2.75, 3.05) is 0 Å². The van der Waals surface area contributed by atoms with Gasteiger partial charge in [-0.25, -0.2) is 4.79 Å². The fraction of sp³-hybridized carbons (Fsp3) is 0.100. The van der Waals surface area contributed by atoms with Crippen molar-refractivity contribution in [3.63, 3.8) is 0 Å². The first-order valence-electron chi connectivity index (χ1n) is 4.15. The lowest BCUT2D eigenvalue weighted by atomic mass is 10.3. The summed E-state index contributed by atoms with van der Waals surface area (Å²) in [6.07, 6.45) is 3.69. The Kier molecular flexibility index (Phi) is 2.13. The third kappa shape index (κ3) is 1.44. The van der Waals surface area contributed by atoms with E-state index in [9.17, 15) is 4.79 Å². The van der Waals surface area contributed by atoms with Gasteiger partial charge >= 0.3 is 5.97 Å². The molecular formula is C10H9NO2S. The number of aromatic carboxylic acids is 1. The molecule has 0 bridgehead atoms. The highest BCUT2D eigenvalue weighted by atomic mass is 32.1. The molecule has 0 saturated carbocycles. The highest BCUT2D eigenvalue weighted by Gasteiger charge is 2.14. The fourth-order valence-electron chi connectivity index (χ4n) is 1.32. The third-order valence-corrected chi connectivity index (χ3v) is 2.97. The van der Waals surface area contributed by atoms with Crippen LogP contribution >= 0.6 is 11.3 Å². The van der Waals surface area contributed by atoms with E-state index in [-0.39, 0.29) is 0 Å². The number of aryl methyl sites for hydroxylation is 1. The fourth-order valence-corrected chi connectivity index (χ4v) is 2.28. The van der Waals surface area contributed by atoms with Crippen LogP contribution in [0.5, 0.6) is 0 Å². The van der Waals surface area contributed by atoms with Crippen LogP contribution in [0.15, 0.2) is 30.6 Å². The Hall–Kier alpha value is -1.55. The summed E-state index contributed by atoms with van der Waals surface area (Å²) in [6.45, 7) is 1.91. The molecule has 0 radical (unpaired) electrons. The van der Waals surface area contributed by atoms with Crippen LogP contribution in [0, 0.1) is 6.92 Å². The van der Waals surface area contributed by atoms with E-state index in [0.717, 1.165) is 9.88 Å². The molecular weight excluding hydrogens is 198 g/mol. The molecule has 0 atom stereocenters. The molecule has 0 saturated heterocycles. The van der Waals surface area contributed by atoms with Crippen LogP contribution in [0.1, 0.15) is 15.2 Å². The summed E-state index contributed by atoms with van der Waals surface area (Å²) >= 11 is 1.48. The second-order valence-electron chi connectivity index (χ2n) is 2.97. The van der Waals surface area contributed by atoms with Crippen molar-refractivity contribution < 1.29 is 9.90 Å². The van der Waals surface area contributed by atoms with Gasteiger partial charge in [-0.1, -0.05) is 0 Å². The van der Waals surface area contributed by atoms with Gasteiger partial charge in [0.15, 0.2) is 0 Å². The first-order valence-corrected chi connectivity index (χ1v) is 4.97. The largest absolute Gasteiger partial charge is 0.478 e. The molecule has 0 aromatic carbocycles. The quantitative estimate of drug-likeness (QED) is 0.822. The zero-order chi connectivity index (χ0) is 10.1. The number of hydrogen-bond acceptors (Lipinski definition) is 2. The van der Waals surface area contributed by atoms with E-state index in [1.165, 1.54) is 11.3 Å². The van der Waals surface area contributed by atoms with E-state index in [2.05, 4.69) is 0 Å². The van der Waals surface area contributed by atoms with Crippen molar-refractivity contribution in [3.8, 4) is 5.00 Å². The summed E-state index contributed by atoms with van der Waals surface area (Å²) in [7, 11) is 0. The molecule has 0 aliphatic carbocycles. The predicted molar refractivity (Wildman–Crippen MR) is 55.3 cm³/mol. The van der Waals surface area contributed by atoms with Gasteiger partial charge in [0.2, 0.25) is 0 Å². The van der Waals surface area contributed by atoms with E-state index < -0.39 is 5.97 Å². The monoisotopic (exact) mass is 207 g/mol. The molecule has 0 unspecified atom stereocenters. The number of carbonyl (C=O) groups is 1. The topological polar surface area (TPSA) is 42.2 Å². The van der Waals surface area contributed by atoms with Crippen LogP contribution in [-0.4, -0.2) is 15.6 Å². The van der Waals surface area contributed by atoms with Crippen molar-refractivity contribution in [1.29, 1.82) is 0 Å². The van der Waals surface area contributed by atoms with Crippen LogP contribution in [0.2, 0.25) is 0 Å². The summed E-state index contributed by atoms with van der Waals surface area (Å²) in [6, 6.07) is 5.45. The zero-order valence-electron chi connectivity index (χ0n) is 7.60. The average molecular weight is 207 g/mol. The van der Waals surface area contributed by atoms with Crippen LogP contribution in [0.4, 0.5) is 0 Å². The van der Waals surface area contributed by atoms with Crippen molar-refractivity contribution in [3.05, 3.63) is 41.0 Å². The Morgan fingerprint density at radius 3 is 2.64 bits per heavy atom. The van der Waals surface area contributed by atoms with Gasteiger partial charge in [-0.15, -0.1) is 11.3 Å². The number of carboxylic acids is 1. The summed E-state index contributed by atoms with van der Waals surface area (Å²) in [5.74, 6) is -0.877. The van der Waals surface area contributed by atoms with Crippen molar-refractivity contribution in [1.82, 2.24) is 4.57 Å². The van der Waals surface area contributed by atoms with E-state index in [4.69, 9.17) is 5.11 Å². The lowest BCUT2D eigenvalue weighted by Crippen LogP contribution is -1.99. The van der Waals surface area contributed by atoms with E-state index in [1.807, 2.05) is 36.0 Å². The minimum Gasteiger partial charge on any atom is -0.478 e. The van der Waals surface area contributed by atoms with Gasteiger partial charge in [0.25, 0.3) is 0 Å². The number of rotatable bonds is 2. The molecule has 1 N–H and O–H groups in total. The SMILES string of the molecule is Cc1cc(C(=O)O)c(-n2cccc2)s1. The third-order valence-electron chi connectivity index (χ3n) is 1.91. The number of nitrogens with zero attached hydrogens (tertiary/aromatic N) is 1. The van der Waals surface area contributed by atoms with Crippen LogP contribution in [-0.2, 0) is 0 Å². The summed E-state index contributed by atoms with van der Waals surface area (Å²) in [5.41, 5.74) is 0.365. The molecule has 3 nitrogen and oxygen atoms in total. The molecule has 0 aliphatic heterocycles. The van der Waals surface area contributed by atoms with Crippen LogP contribution in [0.25, 0.3) is 5.00 Å². The summed E-state index contributed by atoms with van der Waals surface area (Å²) < 4.78 is 1.82. The van der Waals surface area contributed by atoms with Gasteiger partial charge in [-0.3, -0.25) is 0 Å². The van der Waals surface area contributed by atoms with Crippen molar-refractivity contribution in [2.45, 2.75) is 6.92 Å². The number of hydrogen-bond donors (Lipinski definition) is 1. The molecule has 0 amide bonds. The number of aromatic nitrogens is 1. The van der Waals surface area contributed by atoms with Gasteiger partial charge in [0.1, 0.15) is 5.00 Å². The van der Waals surface area contributed by atoms with Gasteiger partial charge in [0.05, 0.1) is 5.56 Å². The molecule has 0 aliphatic rings. The van der Waals surface area contributed by atoms with E-state index >= 15 is 0 Å². The normalized spacial score (nSPS) is 10.4. The second kappa shape index (κ2) is 3.31. The molecule has 2 rings (SSSR count). The van der Waals surface area contributed by atoms with Crippen LogP contribution < -0.4 is 0 Å². The highest BCUT2D eigenvalue weighted by molar-refractivity contribution is 7.14. The molecule has 72 valence electrons. The Balaban J connectivity index is 2.58. The molecule has 14 heavy (non-hydrogen) atoms. The van der Waals surface area contributed by atoms with Gasteiger partial charge in [0, 0.05) is 17.3 Å². The Morgan fingerprint density at radius 1 is 1.43 bits per heavy atom. The summed E-state index contributed by atoms with van der Waals surface area (Å²) in [5, 5.41) is 9.74. The molecule has 2 heterocycles. The van der Waals surface area contributed by atoms with Gasteiger partial charge < -0.3 is 9.67 Å². The minimum absolute atomic E-state index is 0.365. The average Bonchev–Trinajstić information content (AvgIpc) is 2.70. The lowest BCUT2D eigenvalue weighted by molar-refractivity contribution is 0.0697. The Morgan fingerprint density at radius 2 is 2.07 bits per heavy atom. The smallest absolute Gasteiger partial charge is 0.338 e. The zero-order valence-corrected chi connectivity index (χ0v) is 8.41. The van der Waals surface area contributed by atoms with E-state index in [1.54, 1.807) is 6.07 Å². The molecule has 0 fully saturated rings. The maximum absolute atomic E-state index is 10.9. The minimum atomic E-state index is -0.877. The molecule has 0 spiro atoms. The molecule has 2 aromatic rings. The second-order valence-corrected chi connectivity index (χ2v) is 4.21. The van der Waals surface area contributed by atoms with Crippen molar-refractivity contribution in [2.24, 2.45) is 0 Å². The number of thiophene rings is 1. The predicted octanol–water partition coefficient (Wildman–Crippen LogP) is 2.55. The Labute approximate surface area is 85.2 Å². The first kappa shape index (κ1) is 9.02. The van der Waals surface area contributed by atoms with Crippen molar-refractivity contribution >= 4 is 17.3 Å². The molecule has 4 heteroatoms. The standard InChI is InChI=1S/C10H9NO2S/c1-7-6-8(10(12)13)9(14-7)11-4-2-3-5-11/h2-6H,1H3,(H,12,13). The number of carboxylic acid groups (broad SMARTS) is 1. The van der Waals surface area contributed by atoms with Gasteiger partial charge in [-0.05, 0) is 25.1 Å². The van der Waals surface area contributed by atoms with E-state index in [0.29, 0.717) is 5.56 Å². The Bertz CT molecular complexity index is 456. The van der Waals surface area contributed by atoms with Crippen LogP contribution in [0.3, 0.4) is 0 Å². The highest BCUT2D eigenvalue weighted by Crippen LogP contribution is 2.25. The first-order chi connectivity index (χ1) is 6.68. The maximum Gasteiger partial charge on any atom is 0.338 e. The lowest BCUT2D eigenvalue weighted by Gasteiger charge is -1.99. The summed E-state index contributed by atoms with van der Waals surface area (Å²) in [4.78, 5) is 11.9. The molecule has 2 aromatic heterocycles. The maximum atomic E-state index is 10.9. The van der Waals surface area contributed by atoms with Gasteiger partial charge in [-0.2, -0.15) is 0 Å².